The maximum absolute atomic E-state index is 8.13. The average Bonchev–Trinajstić information content (AvgIpc) is 1.81. The summed E-state index contributed by atoms with van der Waals surface area (Å²) in [6.45, 7) is 3.36. The summed E-state index contributed by atoms with van der Waals surface area (Å²) in [5.74, 6) is 5.04. The van der Waals surface area contributed by atoms with Gasteiger partial charge in [0, 0.05) is 0 Å². The molecule has 0 aliphatic carbocycles. The highest BCUT2D eigenvalue weighted by Crippen LogP contribution is 1.67. The van der Waals surface area contributed by atoms with Gasteiger partial charge in [-0.2, -0.15) is 0 Å². The highest BCUT2D eigenvalue weighted by molar-refractivity contribution is 5.18. The van der Waals surface area contributed by atoms with Gasteiger partial charge in [0.1, 0.15) is 6.61 Å². The van der Waals surface area contributed by atoms with E-state index in [4.69, 9.17) is 5.11 Å². The SMILES string of the molecule is C=C/C=C/C#CCO. The largest absolute Gasteiger partial charge is 0.384 e. The van der Waals surface area contributed by atoms with Crippen LogP contribution in [-0.2, 0) is 0 Å². The molecule has 0 fully saturated rings. The van der Waals surface area contributed by atoms with Gasteiger partial charge in [0.05, 0.1) is 0 Å². The fraction of sp³-hybridized carbons (Fsp3) is 0.143. The zero-order chi connectivity index (χ0) is 6.24. The molecular weight excluding hydrogens is 100 g/mol. The molecule has 0 heterocycles. The molecule has 0 atom stereocenters. The Balaban J connectivity index is 3.40. The van der Waals surface area contributed by atoms with Crippen molar-refractivity contribution in [3.8, 4) is 11.8 Å². The van der Waals surface area contributed by atoms with Crippen molar-refractivity contribution < 1.29 is 5.11 Å². The molecular formula is C7H8O. The van der Waals surface area contributed by atoms with Gasteiger partial charge in [-0.15, -0.1) is 0 Å². The molecule has 0 aliphatic rings. The first-order valence-electron chi connectivity index (χ1n) is 2.28. The van der Waals surface area contributed by atoms with Gasteiger partial charge >= 0.3 is 0 Å². The smallest absolute Gasteiger partial charge is 0.104 e. The van der Waals surface area contributed by atoms with Crippen molar-refractivity contribution in [2.75, 3.05) is 6.61 Å². The van der Waals surface area contributed by atoms with E-state index in [2.05, 4.69) is 18.4 Å². The minimum absolute atomic E-state index is 0.0819. The van der Waals surface area contributed by atoms with Crippen LogP contribution in [0.2, 0.25) is 0 Å². The van der Waals surface area contributed by atoms with E-state index in [1.165, 1.54) is 0 Å². The van der Waals surface area contributed by atoms with Crippen LogP contribution >= 0.6 is 0 Å². The molecule has 1 nitrogen and oxygen atoms in total. The molecule has 0 amide bonds. The van der Waals surface area contributed by atoms with Crippen molar-refractivity contribution in [3.05, 3.63) is 24.8 Å². The molecule has 0 aliphatic heterocycles. The highest BCUT2D eigenvalue weighted by atomic mass is 16.2. The first-order valence-corrected chi connectivity index (χ1v) is 2.28. The van der Waals surface area contributed by atoms with Crippen LogP contribution in [0.1, 0.15) is 0 Å². The Bertz CT molecular complexity index is 134. The lowest BCUT2D eigenvalue weighted by molar-refractivity contribution is 0.350. The van der Waals surface area contributed by atoms with E-state index in [1.807, 2.05) is 0 Å². The molecule has 0 aromatic carbocycles. The monoisotopic (exact) mass is 108 g/mol. The molecule has 0 radical (unpaired) electrons. The maximum Gasteiger partial charge on any atom is 0.104 e. The fourth-order valence-electron chi connectivity index (χ4n) is 0.221. The first kappa shape index (κ1) is 7.00. The quantitative estimate of drug-likeness (QED) is 0.387. The highest BCUT2D eigenvalue weighted by Gasteiger charge is 1.56. The van der Waals surface area contributed by atoms with Crippen LogP contribution in [0.4, 0.5) is 0 Å². The van der Waals surface area contributed by atoms with E-state index >= 15 is 0 Å². The van der Waals surface area contributed by atoms with Crippen LogP contribution in [0, 0.1) is 11.8 Å². The average molecular weight is 108 g/mol. The van der Waals surface area contributed by atoms with Gasteiger partial charge in [-0.25, -0.2) is 0 Å². The Morgan fingerprint density at radius 1 is 1.62 bits per heavy atom. The molecule has 0 saturated heterocycles. The van der Waals surface area contributed by atoms with Crippen molar-refractivity contribution in [3.63, 3.8) is 0 Å². The molecule has 42 valence electrons. The summed E-state index contributed by atoms with van der Waals surface area (Å²) < 4.78 is 0. The van der Waals surface area contributed by atoms with Gasteiger partial charge in [0.15, 0.2) is 0 Å². The Hall–Kier alpha value is -1.00. The summed E-state index contributed by atoms with van der Waals surface area (Å²) in [4.78, 5) is 0. The van der Waals surface area contributed by atoms with Crippen molar-refractivity contribution >= 4 is 0 Å². The standard InChI is InChI=1S/C7H8O/c1-2-3-4-5-6-7-8/h2-4,8H,1,7H2/b4-3+. The van der Waals surface area contributed by atoms with Crippen LogP contribution in [-0.4, -0.2) is 11.7 Å². The molecule has 0 rings (SSSR count). The number of hydrogen-bond acceptors (Lipinski definition) is 1. The van der Waals surface area contributed by atoms with Crippen LogP contribution in [0.15, 0.2) is 24.8 Å². The van der Waals surface area contributed by atoms with Gasteiger partial charge in [-0.3, -0.25) is 0 Å². The Labute approximate surface area is 49.3 Å². The Morgan fingerprint density at radius 3 is 2.88 bits per heavy atom. The van der Waals surface area contributed by atoms with Gasteiger partial charge in [-0.1, -0.05) is 30.6 Å². The van der Waals surface area contributed by atoms with Crippen LogP contribution in [0.25, 0.3) is 0 Å². The number of aliphatic hydroxyl groups excluding tert-OH is 1. The lowest BCUT2D eigenvalue weighted by Gasteiger charge is -1.65. The summed E-state index contributed by atoms with van der Waals surface area (Å²) in [7, 11) is 0. The molecule has 1 heteroatoms. The molecule has 0 saturated carbocycles. The van der Waals surface area contributed by atoms with Gasteiger partial charge in [0.2, 0.25) is 0 Å². The van der Waals surface area contributed by atoms with Gasteiger partial charge in [-0.05, 0) is 6.08 Å². The normalized spacial score (nSPS) is 8.12. The molecule has 0 aromatic heterocycles. The third-order valence-corrected chi connectivity index (χ3v) is 0.497. The van der Waals surface area contributed by atoms with Crippen LogP contribution < -0.4 is 0 Å². The zero-order valence-electron chi connectivity index (χ0n) is 4.59. The van der Waals surface area contributed by atoms with Crippen molar-refractivity contribution in [1.29, 1.82) is 0 Å². The minimum Gasteiger partial charge on any atom is -0.384 e. The zero-order valence-corrected chi connectivity index (χ0v) is 4.59. The van der Waals surface area contributed by atoms with Crippen LogP contribution in [0.5, 0.6) is 0 Å². The van der Waals surface area contributed by atoms with Crippen molar-refractivity contribution in [1.82, 2.24) is 0 Å². The molecule has 8 heavy (non-hydrogen) atoms. The second kappa shape index (κ2) is 6.00. The topological polar surface area (TPSA) is 20.2 Å². The number of rotatable bonds is 1. The molecule has 1 N–H and O–H groups in total. The Morgan fingerprint density at radius 2 is 2.38 bits per heavy atom. The molecule has 0 aromatic rings. The second-order valence-electron chi connectivity index (χ2n) is 1.07. The molecule has 0 unspecified atom stereocenters. The summed E-state index contributed by atoms with van der Waals surface area (Å²) in [6.07, 6.45) is 4.97. The van der Waals surface area contributed by atoms with E-state index < -0.39 is 0 Å². The number of hydrogen-bond donors (Lipinski definition) is 1. The third kappa shape index (κ3) is 5.00. The minimum atomic E-state index is -0.0819. The molecule has 0 bridgehead atoms. The predicted octanol–water partition coefficient (Wildman–Crippen LogP) is 0.724. The maximum atomic E-state index is 8.13. The summed E-state index contributed by atoms with van der Waals surface area (Å²) in [6, 6.07) is 0. The fourth-order valence-corrected chi connectivity index (χ4v) is 0.221. The van der Waals surface area contributed by atoms with Gasteiger partial charge in [0.25, 0.3) is 0 Å². The lowest BCUT2D eigenvalue weighted by atomic mass is 10.5. The summed E-state index contributed by atoms with van der Waals surface area (Å²) in [5, 5.41) is 8.13. The van der Waals surface area contributed by atoms with E-state index in [0.717, 1.165) is 0 Å². The van der Waals surface area contributed by atoms with Crippen molar-refractivity contribution in [2.24, 2.45) is 0 Å². The lowest BCUT2D eigenvalue weighted by Crippen LogP contribution is -1.67. The van der Waals surface area contributed by atoms with Crippen molar-refractivity contribution in [2.45, 2.75) is 0 Å². The third-order valence-electron chi connectivity index (χ3n) is 0.497. The van der Waals surface area contributed by atoms with E-state index in [0.29, 0.717) is 0 Å². The van der Waals surface area contributed by atoms with E-state index in [9.17, 15) is 0 Å². The predicted molar refractivity (Wildman–Crippen MR) is 34.2 cm³/mol. The number of allylic oxidation sites excluding steroid dienone is 3. The summed E-state index contributed by atoms with van der Waals surface area (Å²) in [5.41, 5.74) is 0. The van der Waals surface area contributed by atoms with E-state index in [1.54, 1.807) is 18.2 Å². The first-order chi connectivity index (χ1) is 3.91. The molecule has 0 spiro atoms. The van der Waals surface area contributed by atoms with E-state index in [-0.39, 0.29) is 6.61 Å². The second-order valence-corrected chi connectivity index (χ2v) is 1.07. The Kier molecular flexibility index (Phi) is 5.25. The summed E-state index contributed by atoms with van der Waals surface area (Å²) >= 11 is 0. The van der Waals surface area contributed by atoms with Gasteiger partial charge < -0.3 is 5.11 Å². The number of aliphatic hydroxyl groups is 1. The van der Waals surface area contributed by atoms with Crippen LogP contribution in [0.3, 0.4) is 0 Å².